The van der Waals surface area contributed by atoms with Gasteiger partial charge in [0.15, 0.2) is 0 Å². The molecule has 3 aromatic rings. The lowest BCUT2D eigenvalue weighted by molar-refractivity contribution is -0.118. The zero-order chi connectivity index (χ0) is 22.4. The Morgan fingerprint density at radius 3 is 2.48 bits per heavy atom. The maximum atomic E-state index is 13.1. The zero-order valence-electron chi connectivity index (χ0n) is 17.9. The fourth-order valence-electron chi connectivity index (χ4n) is 3.07. The summed E-state index contributed by atoms with van der Waals surface area (Å²) in [6.45, 7) is 5.33. The van der Waals surface area contributed by atoms with Crippen LogP contribution in [0.2, 0.25) is 0 Å². The number of carbonyl (C=O) groups is 2. The summed E-state index contributed by atoms with van der Waals surface area (Å²) < 4.78 is 5.35. The molecule has 0 unspecified atom stereocenters. The molecule has 3 rings (SSSR count). The van der Waals surface area contributed by atoms with Gasteiger partial charge in [-0.05, 0) is 55.5 Å². The Kier molecular flexibility index (Phi) is 6.87. The number of amides is 2. The number of pyridine rings is 1. The molecule has 3 N–H and O–H groups in total. The number of rotatable bonds is 6. The number of ether oxygens (including phenoxy) is 1. The first-order valence-corrected chi connectivity index (χ1v) is 10.0. The van der Waals surface area contributed by atoms with Gasteiger partial charge in [-0.25, -0.2) is 4.79 Å². The van der Waals surface area contributed by atoms with Crippen molar-refractivity contribution in [3.8, 4) is 0 Å². The minimum atomic E-state index is -0.716. The van der Waals surface area contributed by atoms with Gasteiger partial charge in [-0.3, -0.25) is 9.78 Å². The monoisotopic (exact) mass is 421 g/mol. The maximum Gasteiger partial charge on any atom is 0.407 e. The van der Waals surface area contributed by atoms with Crippen molar-refractivity contribution in [2.24, 2.45) is 0 Å². The highest BCUT2D eigenvalue weighted by atomic mass is 16.5. The van der Waals surface area contributed by atoms with Crippen LogP contribution in [0.25, 0.3) is 10.8 Å². The third-order valence-electron chi connectivity index (χ3n) is 4.65. The zero-order valence-corrected chi connectivity index (χ0v) is 17.9. The second kappa shape index (κ2) is 9.57. The molecule has 7 nitrogen and oxygen atoms in total. The van der Waals surface area contributed by atoms with Crippen LogP contribution in [-0.4, -0.2) is 34.2 Å². The van der Waals surface area contributed by atoms with Gasteiger partial charge < -0.3 is 20.5 Å². The Labute approximate surface area is 181 Å². The Bertz CT molecular complexity index is 1060. The van der Waals surface area contributed by atoms with Crippen LogP contribution in [0.15, 0.2) is 60.9 Å². The number of alkyl carbamates (subject to hydrolysis) is 1. The number of nitrogens with one attached hydrogen (secondary N) is 2. The third kappa shape index (κ3) is 6.26. The molecule has 162 valence electrons. The van der Waals surface area contributed by atoms with E-state index in [0.29, 0.717) is 11.3 Å². The maximum absolute atomic E-state index is 13.1. The highest BCUT2D eigenvalue weighted by Gasteiger charge is 2.24. The highest BCUT2D eigenvalue weighted by Crippen LogP contribution is 2.23. The van der Waals surface area contributed by atoms with Crippen molar-refractivity contribution >= 4 is 28.5 Å². The molecular weight excluding hydrogens is 394 g/mol. The molecule has 0 saturated carbocycles. The van der Waals surface area contributed by atoms with E-state index in [1.165, 1.54) is 0 Å². The number of hydrogen-bond acceptors (Lipinski definition) is 5. The predicted octanol–water partition coefficient (Wildman–Crippen LogP) is 3.97. The number of aromatic nitrogens is 1. The lowest BCUT2D eigenvalue weighted by Crippen LogP contribution is -2.41. The minimum absolute atomic E-state index is 0.0897. The number of benzene rings is 2. The normalized spacial score (nSPS) is 12.3. The SMILES string of the molecule is CC(C)(C)NC(=O)OC[C@@H](C(=O)Nc1ccc2cnccc2c1)c1ccc(CO)cc1. The van der Waals surface area contributed by atoms with Crippen molar-refractivity contribution in [3.63, 3.8) is 0 Å². The van der Waals surface area contributed by atoms with E-state index in [9.17, 15) is 14.7 Å². The number of aliphatic hydroxyl groups is 1. The van der Waals surface area contributed by atoms with Crippen LogP contribution in [0.1, 0.15) is 37.8 Å². The van der Waals surface area contributed by atoms with Crippen molar-refractivity contribution in [1.82, 2.24) is 10.3 Å². The molecule has 0 aliphatic carbocycles. The van der Waals surface area contributed by atoms with E-state index in [2.05, 4.69) is 15.6 Å². The van der Waals surface area contributed by atoms with Gasteiger partial charge in [-0.2, -0.15) is 0 Å². The van der Waals surface area contributed by atoms with Crippen LogP contribution in [0, 0.1) is 0 Å². The quantitative estimate of drug-likeness (QED) is 0.559. The summed E-state index contributed by atoms with van der Waals surface area (Å²) in [5, 5.41) is 16.8. The molecule has 0 bridgehead atoms. The molecule has 0 aliphatic rings. The van der Waals surface area contributed by atoms with Crippen LogP contribution in [0.5, 0.6) is 0 Å². The summed E-state index contributed by atoms with van der Waals surface area (Å²) >= 11 is 0. The van der Waals surface area contributed by atoms with E-state index in [0.717, 1.165) is 16.3 Å². The van der Waals surface area contributed by atoms with Gasteiger partial charge in [-0.15, -0.1) is 0 Å². The number of aliphatic hydroxyl groups excluding tert-OH is 1. The van der Waals surface area contributed by atoms with Crippen molar-refractivity contribution < 1.29 is 19.4 Å². The van der Waals surface area contributed by atoms with Gasteiger partial charge in [0.2, 0.25) is 5.91 Å². The number of hydrogen-bond donors (Lipinski definition) is 3. The number of fused-ring (bicyclic) bond motifs is 1. The molecular formula is C24H27N3O4. The molecule has 0 saturated heterocycles. The summed E-state index contributed by atoms with van der Waals surface area (Å²) in [5.41, 5.74) is 1.61. The van der Waals surface area contributed by atoms with Crippen LogP contribution < -0.4 is 10.6 Å². The summed E-state index contributed by atoms with van der Waals surface area (Å²) in [5.74, 6) is -1.01. The van der Waals surface area contributed by atoms with Crippen LogP contribution in [0.3, 0.4) is 0 Å². The molecule has 0 radical (unpaired) electrons. The summed E-state index contributed by atoms with van der Waals surface area (Å²) in [6.07, 6.45) is 2.87. The lowest BCUT2D eigenvalue weighted by atomic mass is 9.97. The predicted molar refractivity (Wildman–Crippen MR) is 120 cm³/mol. The van der Waals surface area contributed by atoms with Crippen LogP contribution in [-0.2, 0) is 16.1 Å². The largest absolute Gasteiger partial charge is 0.448 e. The molecule has 31 heavy (non-hydrogen) atoms. The van der Waals surface area contributed by atoms with E-state index < -0.39 is 17.6 Å². The average Bonchev–Trinajstić information content (AvgIpc) is 2.73. The van der Waals surface area contributed by atoms with Gasteiger partial charge in [0.05, 0.1) is 12.5 Å². The number of anilines is 1. The van der Waals surface area contributed by atoms with Crippen LogP contribution in [0.4, 0.5) is 10.5 Å². The Morgan fingerprint density at radius 2 is 1.81 bits per heavy atom. The van der Waals surface area contributed by atoms with Crippen molar-refractivity contribution in [3.05, 3.63) is 72.1 Å². The van der Waals surface area contributed by atoms with Gasteiger partial charge in [0.1, 0.15) is 6.61 Å². The second-order valence-electron chi connectivity index (χ2n) is 8.35. The van der Waals surface area contributed by atoms with Gasteiger partial charge in [0, 0.05) is 29.0 Å². The fraction of sp³-hybridized carbons (Fsp3) is 0.292. The van der Waals surface area contributed by atoms with Crippen molar-refractivity contribution in [2.45, 2.75) is 38.8 Å². The number of nitrogens with zero attached hydrogens (tertiary/aromatic N) is 1. The van der Waals surface area contributed by atoms with Crippen molar-refractivity contribution in [2.75, 3.05) is 11.9 Å². The van der Waals surface area contributed by atoms with Gasteiger partial charge in [0.25, 0.3) is 0 Å². The first kappa shape index (κ1) is 22.2. The Balaban J connectivity index is 1.79. The fourth-order valence-corrected chi connectivity index (χ4v) is 3.07. The molecule has 0 spiro atoms. The summed E-state index contributed by atoms with van der Waals surface area (Å²) in [6, 6.07) is 14.4. The van der Waals surface area contributed by atoms with Crippen LogP contribution >= 0.6 is 0 Å². The van der Waals surface area contributed by atoms with Gasteiger partial charge >= 0.3 is 6.09 Å². The summed E-state index contributed by atoms with van der Waals surface area (Å²) in [4.78, 5) is 29.3. The average molecular weight is 421 g/mol. The molecule has 2 aromatic carbocycles. The number of carbonyl (C=O) groups excluding carboxylic acids is 2. The molecule has 1 heterocycles. The molecule has 1 aromatic heterocycles. The highest BCUT2D eigenvalue weighted by molar-refractivity contribution is 5.98. The standard InChI is InChI=1S/C24H27N3O4/c1-24(2,3)27-23(30)31-15-21(17-6-4-16(14-28)5-7-17)22(29)26-20-9-8-19-13-25-11-10-18(19)12-20/h4-13,21,28H,14-15H2,1-3H3,(H,26,29)(H,27,30)/t21-/m1/s1. The van der Waals surface area contributed by atoms with E-state index in [1.807, 2.05) is 39.0 Å². The lowest BCUT2D eigenvalue weighted by Gasteiger charge is -2.22. The Hall–Kier alpha value is -3.45. The van der Waals surface area contributed by atoms with E-state index in [-0.39, 0.29) is 19.1 Å². The molecule has 7 heteroatoms. The smallest absolute Gasteiger partial charge is 0.407 e. The van der Waals surface area contributed by atoms with Gasteiger partial charge in [-0.1, -0.05) is 30.3 Å². The molecule has 2 amide bonds. The topological polar surface area (TPSA) is 101 Å². The molecule has 1 atom stereocenters. The third-order valence-corrected chi connectivity index (χ3v) is 4.65. The first-order valence-electron chi connectivity index (χ1n) is 10.0. The van der Waals surface area contributed by atoms with E-state index in [4.69, 9.17) is 4.74 Å². The Morgan fingerprint density at radius 1 is 1.06 bits per heavy atom. The molecule has 0 aliphatic heterocycles. The second-order valence-corrected chi connectivity index (χ2v) is 8.35. The summed E-state index contributed by atoms with van der Waals surface area (Å²) in [7, 11) is 0. The minimum Gasteiger partial charge on any atom is -0.448 e. The van der Waals surface area contributed by atoms with E-state index in [1.54, 1.807) is 42.7 Å². The van der Waals surface area contributed by atoms with E-state index >= 15 is 0 Å². The first-order chi connectivity index (χ1) is 14.7. The molecule has 0 fully saturated rings. The van der Waals surface area contributed by atoms with Crippen molar-refractivity contribution in [1.29, 1.82) is 0 Å².